The second-order valence-electron chi connectivity index (χ2n) is 4.26. The van der Waals surface area contributed by atoms with Gasteiger partial charge in [-0.15, -0.1) is 0 Å². The predicted octanol–water partition coefficient (Wildman–Crippen LogP) is 2.50. The van der Waals surface area contributed by atoms with Gasteiger partial charge in [-0.1, -0.05) is 23.7 Å². The van der Waals surface area contributed by atoms with Gasteiger partial charge in [-0.05, 0) is 31.0 Å². The minimum Gasteiger partial charge on any atom is -0.324 e. The summed E-state index contributed by atoms with van der Waals surface area (Å²) in [6.07, 6.45) is 2.23. The maximum atomic E-state index is 6.24. The molecule has 0 radical (unpaired) electrons. The molecule has 0 bridgehead atoms. The van der Waals surface area contributed by atoms with E-state index in [1.165, 1.54) is 0 Å². The van der Waals surface area contributed by atoms with Gasteiger partial charge in [-0.25, -0.2) is 4.98 Å². The van der Waals surface area contributed by atoms with Crippen LogP contribution in [0.5, 0.6) is 0 Å². The Hall–Kier alpha value is -1.39. The molecule has 1 aromatic carbocycles. The van der Waals surface area contributed by atoms with Crippen molar-refractivity contribution >= 4 is 11.6 Å². The highest BCUT2D eigenvalue weighted by atomic mass is 35.5. The van der Waals surface area contributed by atoms with E-state index in [1.807, 2.05) is 36.7 Å². The number of aromatic nitrogens is 3. The van der Waals surface area contributed by atoms with Crippen molar-refractivity contribution in [2.75, 3.05) is 0 Å². The van der Waals surface area contributed by atoms with Crippen molar-refractivity contribution in [2.24, 2.45) is 5.73 Å². The van der Waals surface area contributed by atoms with Gasteiger partial charge in [-0.2, -0.15) is 5.10 Å². The van der Waals surface area contributed by atoms with Crippen LogP contribution < -0.4 is 5.73 Å². The summed E-state index contributed by atoms with van der Waals surface area (Å²) in [6.45, 7) is 4.83. The Labute approximate surface area is 112 Å². The number of hydrogen-bond donors (Lipinski definition) is 1. The molecule has 0 fully saturated rings. The van der Waals surface area contributed by atoms with Gasteiger partial charge in [0.15, 0.2) is 0 Å². The summed E-state index contributed by atoms with van der Waals surface area (Å²) in [6, 6.07) is 5.70. The average molecular weight is 265 g/mol. The lowest BCUT2D eigenvalue weighted by Gasteiger charge is -2.15. The van der Waals surface area contributed by atoms with Gasteiger partial charge in [-0.3, -0.25) is 4.68 Å². The van der Waals surface area contributed by atoms with Crippen LogP contribution in [0.2, 0.25) is 5.02 Å². The number of hydrogen-bond acceptors (Lipinski definition) is 3. The van der Waals surface area contributed by atoms with Crippen molar-refractivity contribution in [3.63, 3.8) is 0 Å². The largest absolute Gasteiger partial charge is 0.324 e. The third kappa shape index (κ3) is 2.54. The quantitative estimate of drug-likeness (QED) is 0.923. The zero-order valence-corrected chi connectivity index (χ0v) is 11.4. The van der Waals surface area contributed by atoms with Crippen LogP contribution in [0.4, 0.5) is 0 Å². The molecule has 0 saturated heterocycles. The van der Waals surface area contributed by atoms with Crippen LogP contribution in [0, 0.1) is 6.92 Å². The van der Waals surface area contributed by atoms with Crippen LogP contribution in [-0.4, -0.2) is 14.8 Å². The van der Waals surface area contributed by atoms with Crippen LogP contribution >= 0.6 is 11.6 Å². The van der Waals surface area contributed by atoms with Gasteiger partial charge in [0.25, 0.3) is 0 Å². The van der Waals surface area contributed by atoms with Crippen molar-refractivity contribution in [1.29, 1.82) is 0 Å². The van der Waals surface area contributed by atoms with Crippen molar-refractivity contribution in [2.45, 2.75) is 32.9 Å². The molecule has 96 valence electrons. The molecule has 1 heterocycles. The summed E-state index contributed by atoms with van der Waals surface area (Å²) < 4.78 is 1.86. The lowest BCUT2D eigenvalue weighted by molar-refractivity contribution is 0.580. The number of halogens is 1. The zero-order valence-electron chi connectivity index (χ0n) is 10.6. The first-order valence-corrected chi connectivity index (χ1v) is 6.38. The molecule has 2 N–H and O–H groups in total. The molecule has 0 amide bonds. The molecular weight excluding hydrogens is 248 g/mol. The van der Waals surface area contributed by atoms with E-state index in [2.05, 4.69) is 10.1 Å². The van der Waals surface area contributed by atoms with Gasteiger partial charge >= 0.3 is 0 Å². The minimum atomic E-state index is -0.113. The highest BCUT2D eigenvalue weighted by molar-refractivity contribution is 6.31. The lowest BCUT2D eigenvalue weighted by Crippen LogP contribution is -2.18. The van der Waals surface area contributed by atoms with Crippen LogP contribution in [-0.2, 0) is 13.0 Å². The molecule has 0 saturated carbocycles. The van der Waals surface area contributed by atoms with Crippen LogP contribution in [0.3, 0.4) is 0 Å². The summed E-state index contributed by atoms with van der Waals surface area (Å²) in [5.41, 5.74) is 8.34. The van der Waals surface area contributed by atoms with E-state index >= 15 is 0 Å². The molecule has 4 nitrogen and oxygen atoms in total. The maximum Gasteiger partial charge on any atom is 0.138 e. The van der Waals surface area contributed by atoms with E-state index in [0.717, 1.165) is 28.5 Å². The Morgan fingerprint density at radius 3 is 2.94 bits per heavy atom. The first-order chi connectivity index (χ1) is 8.63. The topological polar surface area (TPSA) is 56.7 Å². The molecule has 2 aromatic rings. The second kappa shape index (κ2) is 5.50. The molecular formula is C13H17ClN4. The zero-order chi connectivity index (χ0) is 13.1. The van der Waals surface area contributed by atoms with E-state index in [-0.39, 0.29) is 6.04 Å². The van der Waals surface area contributed by atoms with Gasteiger partial charge in [0.1, 0.15) is 12.2 Å². The molecule has 0 aliphatic heterocycles. The minimum absolute atomic E-state index is 0.113. The van der Waals surface area contributed by atoms with Crippen LogP contribution in [0.1, 0.15) is 29.9 Å². The molecule has 1 unspecified atom stereocenters. The summed E-state index contributed by atoms with van der Waals surface area (Å²) in [4.78, 5) is 4.24. The average Bonchev–Trinajstić information content (AvgIpc) is 2.79. The Bertz CT molecular complexity index is 536. The summed E-state index contributed by atoms with van der Waals surface area (Å²) in [5.74, 6) is 0.907. The van der Waals surface area contributed by atoms with Gasteiger partial charge in [0.05, 0.1) is 0 Å². The third-order valence-corrected chi connectivity index (χ3v) is 3.52. The summed E-state index contributed by atoms with van der Waals surface area (Å²) in [7, 11) is 0. The Morgan fingerprint density at radius 2 is 2.22 bits per heavy atom. The molecule has 18 heavy (non-hydrogen) atoms. The summed E-state index contributed by atoms with van der Waals surface area (Å²) >= 11 is 6.11. The molecule has 0 aliphatic carbocycles. The fraction of sp³-hybridized carbons (Fsp3) is 0.385. The van der Waals surface area contributed by atoms with E-state index in [4.69, 9.17) is 17.3 Å². The Kier molecular flexibility index (Phi) is 3.99. The SMILES string of the molecule is CCn1ncnc1CC(N)c1cccc(Cl)c1C. The number of nitrogens with zero attached hydrogens (tertiary/aromatic N) is 3. The fourth-order valence-electron chi connectivity index (χ4n) is 2.04. The molecule has 5 heteroatoms. The predicted molar refractivity (Wildman–Crippen MR) is 72.5 cm³/mol. The highest BCUT2D eigenvalue weighted by Gasteiger charge is 2.14. The van der Waals surface area contributed by atoms with E-state index in [9.17, 15) is 0 Å². The second-order valence-corrected chi connectivity index (χ2v) is 4.66. The molecule has 1 atom stereocenters. The normalized spacial score (nSPS) is 12.7. The first kappa shape index (κ1) is 13.1. The maximum absolute atomic E-state index is 6.24. The third-order valence-electron chi connectivity index (χ3n) is 3.11. The Morgan fingerprint density at radius 1 is 1.44 bits per heavy atom. The van der Waals surface area contributed by atoms with Crippen molar-refractivity contribution in [3.8, 4) is 0 Å². The molecule has 0 aliphatic rings. The van der Waals surface area contributed by atoms with Gasteiger partial charge < -0.3 is 5.73 Å². The Balaban J connectivity index is 2.22. The van der Waals surface area contributed by atoms with Crippen molar-refractivity contribution in [1.82, 2.24) is 14.8 Å². The van der Waals surface area contributed by atoms with Gasteiger partial charge in [0.2, 0.25) is 0 Å². The number of aryl methyl sites for hydroxylation is 1. The van der Waals surface area contributed by atoms with E-state index < -0.39 is 0 Å². The number of benzene rings is 1. The van der Waals surface area contributed by atoms with Crippen molar-refractivity contribution < 1.29 is 0 Å². The monoisotopic (exact) mass is 264 g/mol. The van der Waals surface area contributed by atoms with E-state index in [0.29, 0.717) is 6.42 Å². The number of nitrogens with two attached hydrogens (primary N) is 1. The lowest BCUT2D eigenvalue weighted by atomic mass is 9.99. The molecule has 0 spiro atoms. The van der Waals surface area contributed by atoms with Crippen molar-refractivity contribution in [3.05, 3.63) is 46.5 Å². The number of rotatable bonds is 4. The summed E-state index contributed by atoms with van der Waals surface area (Å²) in [5, 5.41) is 4.90. The standard InChI is InChI=1S/C13H17ClN4/c1-3-18-13(16-8-17-18)7-12(15)10-5-4-6-11(14)9(10)2/h4-6,8,12H,3,7,15H2,1-2H3. The van der Waals surface area contributed by atoms with E-state index in [1.54, 1.807) is 6.33 Å². The molecule has 2 rings (SSSR count). The first-order valence-electron chi connectivity index (χ1n) is 6.00. The van der Waals surface area contributed by atoms with Crippen LogP contribution in [0.25, 0.3) is 0 Å². The fourth-order valence-corrected chi connectivity index (χ4v) is 2.22. The van der Waals surface area contributed by atoms with Gasteiger partial charge in [0, 0.05) is 24.0 Å². The smallest absolute Gasteiger partial charge is 0.138 e. The molecule has 1 aromatic heterocycles. The van der Waals surface area contributed by atoms with Crippen LogP contribution in [0.15, 0.2) is 24.5 Å². The highest BCUT2D eigenvalue weighted by Crippen LogP contribution is 2.24.